The van der Waals surface area contributed by atoms with Gasteiger partial charge in [-0.1, -0.05) is 17.8 Å². The first kappa shape index (κ1) is 6.71. The van der Waals surface area contributed by atoms with Crippen molar-refractivity contribution in [3.05, 3.63) is 0 Å². The van der Waals surface area contributed by atoms with Crippen molar-refractivity contribution in [3.63, 3.8) is 0 Å². The van der Waals surface area contributed by atoms with E-state index < -0.39 is 0 Å². The summed E-state index contributed by atoms with van der Waals surface area (Å²) in [6.45, 7) is 0. The summed E-state index contributed by atoms with van der Waals surface area (Å²) in [5.41, 5.74) is 0. The third kappa shape index (κ3) is 4.74. The van der Waals surface area contributed by atoms with Crippen LogP contribution in [0.4, 0.5) is 0 Å². The Kier molecular flexibility index (Phi) is 3.84. The summed E-state index contributed by atoms with van der Waals surface area (Å²) >= 11 is 0. The molecule has 2 heteroatoms. The van der Waals surface area contributed by atoms with Gasteiger partial charge < -0.3 is 4.74 Å². The van der Waals surface area contributed by atoms with Gasteiger partial charge in [-0.3, -0.25) is 4.79 Å². The molecule has 0 aromatic carbocycles. The molecule has 0 atom stereocenters. The lowest BCUT2D eigenvalue weighted by molar-refractivity contribution is -0.139. The normalized spacial score (nSPS) is 7.50. The zero-order valence-corrected chi connectivity index (χ0v) is 5.73. The highest BCUT2D eigenvalue weighted by molar-refractivity contribution is 5.72. The second-order valence-corrected chi connectivity index (χ2v) is 1.46. The molecule has 0 fully saturated rings. The van der Waals surface area contributed by atoms with Crippen LogP contribution in [0.5, 0.6) is 0 Å². The van der Waals surface area contributed by atoms with Gasteiger partial charge in [-0.15, -0.1) is 6.40 Å². The molecular weight excluding hydrogens is 128 g/mol. The second kappa shape index (κ2) is 5.72. The van der Waals surface area contributed by atoms with Crippen molar-refractivity contribution in [2.45, 2.75) is 12.8 Å². The molecule has 0 bridgehead atoms. The summed E-state index contributed by atoms with van der Waals surface area (Å²) in [6, 6.07) is 0. The molecule has 0 aliphatic carbocycles. The van der Waals surface area contributed by atoms with Crippen LogP contribution in [0, 0.1) is 24.2 Å². The fourth-order valence-corrected chi connectivity index (χ4v) is 0.314. The standard InChI is InChI=1S/C8H8O2/c1-3-4-5-6-7-8(9)10-2/h1H,4,7H2,2H3/i1D. The molecule has 0 aromatic rings. The summed E-state index contributed by atoms with van der Waals surface area (Å²) in [7, 11) is 1.31. The quantitative estimate of drug-likeness (QED) is 0.390. The topological polar surface area (TPSA) is 26.3 Å². The Morgan fingerprint density at radius 3 is 3.20 bits per heavy atom. The van der Waals surface area contributed by atoms with Crippen molar-refractivity contribution < 1.29 is 10.9 Å². The minimum Gasteiger partial charge on any atom is -0.468 e. The monoisotopic (exact) mass is 137 g/mol. The zero-order chi connectivity index (χ0) is 8.53. The zero-order valence-electron chi connectivity index (χ0n) is 6.73. The molecule has 0 N–H and O–H groups in total. The first-order chi connectivity index (χ1) is 5.31. The molecule has 0 heterocycles. The summed E-state index contributed by atoms with van der Waals surface area (Å²) < 4.78 is 10.8. The first-order valence-corrected chi connectivity index (χ1v) is 2.73. The van der Waals surface area contributed by atoms with Gasteiger partial charge in [-0.25, -0.2) is 0 Å². The third-order valence-electron chi connectivity index (χ3n) is 0.762. The van der Waals surface area contributed by atoms with E-state index in [0.717, 1.165) is 0 Å². The van der Waals surface area contributed by atoms with Crippen LogP contribution in [0.1, 0.15) is 14.2 Å². The smallest absolute Gasteiger partial charge is 0.317 e. The Morgan fingerprint density at radius 1 is 1.80 bits per heavy atom. The van der Waals surface area contributed by atoms with Crippen LogP contribution in [0.3, 0.4) is 0 Å². The maximum absolute atomic E-state index is 10.4. The lowest BCUT2D eigenvalue weighted by Gasteiger charge is -1.88. The number of hydrogen-bond donors (Lipinski definition) is 0. The van der Waals surface area contributed by atoms with E-state index in [2.05, 4.69) is 22.5 Å². The van der Waals surface area contributed by atoms with Gasteiger partial charge in [-0.05, 0) is 0 Å². The fourth-order valence-electron chi connectivity index (χ4n) is 0.314. The van der Waals surface area contributed by atoms with E-state index >= 15 is 0 Å². The van der Waals surface area contributed by atoms with Crippen LogP contribution in [-0.4, -0.2) is 13.1 Å². The van der Waals surface area contributed by atoms with Crippen molar-refractivity contribution in [3.8, 4) is 24.2 Å². The maximum atomic E-state index is 10.4. The molecule has 0 aromatic heterocycles. The Hall–Kier alpha value is -1.41. The van der Waals surface area contributed by atoms with Crippen molar-refractivity contribution in [1.82, 2.24) is 0 Å². The van der Waals surface area contributed by atoms with E-state index in [4.69, 9.17) is 1.37 Å². The SMILES string of the molecule is [2H]C#CCC#CCC(=O)OC. The molecular formula is C8H8O2. The summed E-state index contributed by atoms with van der Waals surface area (Å²) in [5, 5.41) is 0. The molecule has 0 radical (unpaired) electrons. The van der Waals surface area contributed by atoms with Gasteiger partial charge >= 0.3 is 5.97 Å². The Labute approximate surface area is 62.0 Å². The number of terminal acetylenes is 1. The highest BCUT2D eigenvalue weighted by Gasteiger charge is 1.91. The number of esters is 1. The predicted molar refractivity (Wildman–Crippen MR) is 37.9 cm³/mol. The van der Waals surface area contributed by atoms with Crippen LogP contribution in [0.25, 0.3) is 0 Å². The number of methoxy groups -OCH3 is 1. The molecule has 0 saturated heterocycles. The van der Waals surface area contributed by atoms with Gasteiger partial charge in [0.1, 0.15) is 7.79 Å². The summed E-state index contributed by atoms with van der Waals surface area (Å²) in [5.74, 6) is 7.25. The predicted octanol–water partition coefficient (Wildman–Crippen LogP) is 0.576. The van der Waals surface area contributed by atoms with Crippen molar-refractivity contribution >= 4 is 5.97 Å². The molecule has 2 nitrogen and oxygen atoms in total. The van der Waals surface area contributed by atoms with E-state index in [0.29, 0.717) is 6.42 Å². The fraction of sp³-hybridized carbons (Fsp3) is 0.375. The number of ether oxygens (including phenoxy) is 1. The summed E-state index contributed by atoms with van der Waals surface area (Å²) in [4.78, 5) is 10.4. The van der Waals surface area contributed by atoms with E-state index in [1.807, 2.05) is 6.40 Å². The number of carbonyl (C=O) groups is 1. The molecule has 0 saturated carbocycles. The average Bonchev–Trinajstić information content (AvgIpc) is 2.04. The van der Waals surface area contributed by atoms with Crippen LogP contribution in [0.15, 0.2) is 0 Å². The third-order valence-corrected chi connectivity index (χ3v) is 0.762. The largest absolute Gasteiger partial charge is 0.468 e. The Morgan fingerprint density at radius 2 is 2.60 bits per heavy atom. The molecule has 0 rings (SSSR count). The van der Waals surface area contributed by atoms with Gasteiger partial charge in [0, 0.05) is 0 Å². The molecule has 0 amide bonds. The minimum absolute atomic E-state index is 0.0934. The van der Waals surface area contributed by atoms with Crippen LogP contribution in [-0.2, 0) is 9.53 Å². The van der Waals surface area contributed by atoms with Crippen molar-refractivity contribution in [2.24, 2.45) is 0 Å². The minimum atomic E-state index is -0.351. The second-order valence-electron chi connectivity index (χ2n) is 1.46. The van der Waals surface area contributed by atoms with Gasteiger partial charge in [0.2, 0.25) is 0 Å². The molecule has 52 valence electrons. The Bertz CT molecular complexity index is 236. The molecule has 0 aliphatic heterocycles. The number of hydrogen-bond acceptors (Lipinski definition) is 2. The van der Waals surface area contributed by atoms with Crippen LogP contribution in [0.2, 0.25) is 0 Å². The van der Waals surface area contributed by atoms with E-state index in [-0.39, 0.29) is 12.4 Å². The van der Waals surface area contributed by atoms with Gasteiger partial charge in [0.15, 0.2) is 0 Å². The van der Waals surface area contributed by atoms with Gasteiger partial charge in [0.25, 0.3) is 0 Å². The van der Waals surface area contributed by atoms with E-state index in [9.17, 15) is 4.79 Å². The lowest BCUT2D eigenvalue weighted by Crippen LogP contribution is -1.96. The van der Waals surface area contributed by atoms with Crippen LogP contribution >= 0.6 is 0 Å². The first-order valence-electron chi connectivity index (χ1n) is 3.23. The molecule has 0 aliphatic rings. The van der Waals surface area contributed by atoms with Crippen LogP contribution < -0.4 is 0 Å². The van der Waals surface area contributed by atoms with Gasteiger partial charge in [-0.2, -0.15) is 0 Å². The highest BCUT2D eigenvalue weighted by Crippen LogP contribution is 1.80. The van der Waals surface area contributed by atoms with E-state index in [1.165, 1.54) is 7.11 Å². The summed E-state index contributed by atoms with van der Waals surface area (Å²) in [6.07, 6.45) is 2.38. The van der Waals surface area contributed by atoms with Gasteiger partial charge in [0.05, 0.1) is 13.5 Å². The van der Waals surface area contributed by atoms with Crippen molar-refractivity contribution in [1.29, 1.82) is 0 Å². The lowest BCUT2D eigenvalue weighted by atomic mass is 10.4. The average molecular weight is 137 g/mol. The molecule has 10 heavy (non-hydrogen) atoms. The Balaban J connectivity index is 3.53. The molecule has 0 unspecified atom stereocenters. The highest BCUT2D eigenvalue weighted by atomic mass is 16.5. The van der Waals surface area contributed by atoms with E-state index in [1.54, 1.807) is 0 Å². The molecule has 0 spiro atoms. The number of rotatable bonds is 1. The number of carbonyl (C=O) groups excluding carboxylic acids is 1. The maximum Gasteiger partial charge on any atom is 0.317 e. The van der Waals surface area contributed by atoms with Crippen molar-refractivity contribution in [2.75, 3.05) is 7.11 Å².